The molecule has 3 heteroatoms. The van der Waals surface area contributed by atoms with Gasteiger partial charge in [-0.25, -0.2) is 0 Å². The summed E-state index contributed by atoms with van der Waals surface area (Å²) >= 11 is 0. The van der Waals surface area contributed by atoms with Crippen LogP contribution in [0.5, 0.6) is 0 Å². The van der Waals surface area contributed by atoms with Gasteiger partial charge in [0, 0.05) is 19.2 Å². The van der Waals surface area contributed by atoms with Gasteiger partial charge in [0.05, 0.1) is 0 Å². The van der Waals surface area contributed by atoms with Crippen molar-refractivity contribution in [2.75, 3.05) is 19.8 Å². The first kappa shape index (κ1) is 13.4. The zero-order valence-electron chi connectivity index (χ0n) is 9.88. The lowest BCUT2D eigenvalue weighted by Crippen LogP contribution is -2.39. The Balaban J connectivity index is 3.89. The number of nitrogens with zero attached hydrogens (tertiary/aromatic N) is 1. The Labute approximate surface area is 87.4 Å². The maximum atomic E-state index is 11.7. The first-order valence-electron chi connectivity index (χ1n) is 5.50. The molecule has 0 unspecified atom stereocenters. The third-order valence-electron chi connectivity index (χ3n) is 1.98. The van der Waals surface area contributed by atoms with Crippen LogP contribution < -0.4 is 0 Å². The van der Waals surface area contributed by atoms with Crippen molar-refractivity contribution in [1.82, 2.24) is 4.90 Å². The van der Waals surface area contributed by atoms with Crippen molar-refractivity contribution in [3.63, 3.8) is 0 Å². The van der Waals surface area contributed by atoms with E-state index in [1.54, 1.807) is 0 Å². The highest BCUT2D eigenvalue weighted by atomic mass is 16.5. The molecule has 1 amide bonds. The Hall–Kier alpha value is -0.570. The molecule has 0 N–H and O–H groups in total. The average molecular weight is 201 g/mol. The summed E-state index contributed by atoms with van der Waals surface area (Å²) in [6, 6.07) is 0.271. The molecule has 14 heavy (non-hydrogen) atoms. The largest absolute Gasteiger partial charge is 0.372 e. The van der Waals surface area contributed by atoms with E-state index in [-0.39, 0.29) is 18.6 Å². The van der Waals surface area contributed by atoms with E-state index in [1.165, 1.54) is 0 Å². The quantitative estimate of drug-likeness (QED) is 0.590. The van der Waals surface area contributed by atoms with E-state index in [0.717, 1.165) is 19.4 Å². The summed E-state index contributed by atoms with van der Waals surface area (Å²) in [6.45, 7) is 9.91. The molecule has 0 radical (unpaired) electrons. The predicted octanol–water partition coefficient (Wildman–Crippen LogP) is 2.06. The van der Waals surface area contributed by atoms with Crippen LogP contribution in [0.25, 0.3) is 0 Å². The number of carbonyl (C=O) groups excluding carboxylic acids is 1. The molecule has 0 rings (SSSR count). The van der Waals surface area contributed by atoms with Crippen molar-refractivity contribution in [3.05, 3.63) is 0 Å². The van der Waals surface area contributed by atoms with Gasteiger partial charge in [0.1, 0.15) is 6.61 Å². The normalized spacial score (nSPS) is 10.6. The fraction of sp³-hybridized carbons (Fsp3) is 0.909. The molecule has 0 fully saturated rings. The van der Waals surface area contributed by atoms with Crippen LogP contribution in [0.2, 0.25) is 0 Å². The van der Waals surface area contributed by atoms with Gasteiger partial charge in [0.2, 0.25) is 5.91 Å². The second-order valence-corrected chi connectivity index (χ2v) is 3.73. The van der Waals surface area contributed by atoms with Gasteiger partial charge in [-0.3, -0.25) is 4.79 Å². The van der Waals surface area contributed by atoms with E-state index >= 15 is 0 Å². The highest BCUT2D eigenvalue weighted by Gasteiger charge is 2.15. The summed E-state index contributed by atoms with van der Waals surface area (Å²) in [5.41, 5.74) is 0. The molecule has 0 aromatic heterocycles. The third kappa shape index (κ3) is 5.22. The van der Waals surface area contributed by atoms with Crippen molar-refractivity contribution in [2.45, 2.75) is 46.6 Å². The van der Waals surface area contributed by atoms with Gasteiger partial charge in [0.15, 0.2) is 0 Å². The van der Waals surface area contributed by atoms with Crippen molar-refractivity contribution in [3.8, 4) is 0 Å². The minimum Gasteiger partial charge on any atom is -0.372 e. The summed E-state index contributed by atoms with van der Waals surface area (Å²) < 4.78 is 5.23. The molecule has 0 bridgehead atoms. The van der Waals surface area contributed by atoms with Gasteiger partial charge >= 0.3 is 0 Å². The van der Waals surface area contributed by atoms with Gasteiger partial charge in [-0.2, -0.15) is 0 Å². The maximum absolute atomic E-state index is 11.7. The summed E-state index contributed by atoms with van der Waals surface area (Å²) in [7, 11) is 0. The van der Waals surface area contributed by atoms with Crippen LogP contribution >= 0.6 is 0 Å². The number of rotatable bonds is 7. The molecule has 0 heterocycles. The molecule has 0 aromatic carbocycles. The maximum Gasteiger partial charge on any atom is 0.248 e. The summed E-state index contributed by atoms with van der Waals surface area (Å²) in [5.74, 6) is 0.107. The lowest BCUT2D eigenvalue weighted by Gasteiger charge is -2.26. The van der Waals surface area contributed by atoms with Crippen LogP contribution in [0.1, 0.15) is 40.5 Å². The second-order valence-electron chi connectivity index (χ2n) is 3.73. The third-order valence-corrected chi connectivity index (χ3v) is 1.98. The fourth-order valence-corrected chi connectivity index (χ4v) is 1.30. The monoisotopic (exact) mass is 201 g/mol. The highest BCUT2D eigenvalue weighted by Crippen LogP contribution is 2.01. The highest BCUT2D eigenvalue weighted by molar-refractivity contribution is 5.77. The van der Waals surface area contributed by atoms with Crippen molar-refractivity contribution < 1.29 is 9.53 Å². The van der Waals surface area contributed by atoms with Crippen molar-refractivity contribution >= 4 is 5.91 Å². The molecule has 0 aliphatic carbocycles. The average Bonchev–Trinajstić information content (AvgIpc) is 2.13. The number of carbonyl (C=O) groups is 1. The molecule has 0 aliphatic rings. The molecular weight excluding hydrogens is 178 g/mol. The van der Waals surface area contributed by atoms with Gasteiger partial charge in [-0.15, -0.1) is 0 Å². The predicted molar refractivity (Wildman–Crippen MR) is 58.3 cm³/mol. The van der Waals surface area contributed by atoms with Gasteiger partial charge in [0.25, 0.3) is 0 Å². The second kappa shape index (κ2) is 7.80. The van der Waals surface area contributed by atoms with Crippen molar-refractivity contribution in [2.24, 2.45) is 0 Å². The Morgan fingerprint density at radius 1 is 1.29 bits per heavy atom. The SMILES string of the molecule is CCCOCC(=O)N(CCC)C(C)C. The molecule has 0 atom stereocenters. The van der Waals surface area contributed by atoms with Crippen LogP contribution in [0.4, 0.5) is 0 Å². The van der Waals surface area contributed by atoms with E-state index in [9.17, 15) is 4.79 Å². The molecule has 0 aliphatic heterocycles. The van der Waals surface area contributed by atoms with Crippen LogP contribution in [0.15, 0.2) is 0 Å². The van der Waals surface area contributed by atoms with Gasteiger partial charge in [-0.1, -0.05) is 13.8 Å². The molecular formula is C11H23NO2. The smallest absolute Gasteiger partial charge is 0.248 e. The zero-order chi connectivity index (χ0) is 11.0. The number of ether oxygens (including phenoxy) is 1. The Kier molecular flexibility index (Phi) is 7.48. The molecule has 3 nitrogen and oxygen atoms in total. The minimum absolute atomic E-state index is 0.107. The Morgan fingerprint density at radius 2 is 1.93 bits per heavy atom. The van der Waals surface area contributed by atoms with E-state index < -0.39 is 0 Å². The molecule has 0 aromatic rings. The zero-order valence-corrected chi connectivity index (χ0v) is 9.88. The molecule has 0 saturated carbocycles. The van der Waals surface area contributed by atoms with Crippen LogP contribution in [0, 0.1) is 0 Å². The van der Waals surface area contributed by atoms with Crippen LogP contribution in [-0.4, -0.2) is 36.6 Å². The number of amides is 1. The van der Waals surface area contributed by atoms with Gasteiger partial charge < -0.3 is 9.64 Å². The molecule has 84 valence electrons. The fourth-order valence-electron chi connectivity index (χ4n) is 1.30. The van der Waals surface area contributed by atoms with E-state index in [0.29, 0.717) is 6.61 Å². The lowest BCUT2D eigenvalue weighted by molar-refractivity contribution is -0.137. The first-order valence-corrected chi connectivity index (χ1v) is 5.50. The Bertz CT molecular complexity index is 157. The standard InChI is InChI=1S/C11H23NO2/c1-5-7-12(10(3)4)11(13)9-14-8-6-2/h10H,5-9H2,1-4H3. The summed E-state index contributed by atoms with van der Waals surface area (Å²) in [5, 5.41) is 0. The molecule has 0 spiro atoms. The van der Waals surface area contributed by atoms with E-state index in [4.69, 9.17) is 4.74 Å². The van der Waals surface area contributed by atoms with Crippen molar-refractivity contribution in [1.29, 1.82) is 0 Å². The topological polar surface area (TPSA) is 29.5 Å². The van der Waals surface area contributed by atoms with Gasteiger partial charge in [-0.05, 0) is 26.7 Å². The van der Waals surface area contributed by atoms with E-state index in [2.05, 4.69) is 6.92 Å². The lowest BCUT2D eigenvalue weighted by atomic mass is 10.3. The first-order chi connectivity index (χ1) is 6.63. The van der Waals surface area contributed by atoms with Crippen LogP contribution in [-0.2, 0) is 9.53 Å². The van der Waals surface area contributed by atoms with Crippen LogP contribution in [0.3, 0.4) is 0 Å². The summed E-state index contributed by atoms with van der Waals surface area (Å²) in [6.07, 6.45) is 1.96. The number of hydrogen-bond acceptors (Lipinski definition) is 2. The minimum atomic E-state index is 0.107. The number of hydrogen-bond donors (Lipinski definition) is 0. The molecule has 0 saturated heterocycles. The Morgan fingerprint density at radius 3 is 2.36 bits per heavy atom. The summed E-state index contributed by atoms with van der Waals surface area (Å²) in [4.78, 5) is 13.5. The van der Waals surface area contributed by atoms with E-state index in [1.807, 2.05) is 25.7 Å².